The van der Waals surface area contributed by atoms with E-state index in [0.29, 0.717) is 43.4 Å². The number of aliphatic carboxylic acids is 1. The topological polar surface area (TPSA) is 88.1 Å². The van der Waals surface area contributed by atoms with Gasteiger partial charge in [0.05, 0.1) is 6.54 Å². The molecule has 1 amide bonds. The second kappa shape index (κ2) is 7.52. The van der Waals surface area contributed by atoms with Gasteiger partial charge >= 0.3 is 5.97 Å². The number of amides is 1. The van der Waals surface area contributed by atoms with Gasteiger partial charge in [0, 0.05) is 11.8 Å². The van der Waals surface area contributed by atoms with Crippen molar-refractivity contribution in [1.29, 1.82) is 0 Å². The standard InChI is InChI=1S/C15H18N2O5.ClH/c18-14(9-17-5-1-2-11(17)15(19)20)16-10-3-4-12-13(8-10)22-7-6-21-12;/h3-4,8,11H,1-2,5-7,9H2,(H,16,18)(H,19,20);1H. The van der Waals surface area contributed by atoms with E-state index in [4.69, 9.17) is 14.6 Å². The summed E-state index contributed by atoms with van der Waals surface area (Å²) >= 11 is 0. The molecule has 2 aliphatic heterocycles. The number of rotatable bonds is 4. The van der Waals surface area contributed by atoms with E-state index in [1.165, 1.54) is 0 Å². The number of fused-ring (bicyclic) bond motifs is 1. The molecule has 126 valence electrons. The van der Waals surface area contributed by atoms with Crippen molar-refractivity contribution in [3.63, 3.8) is 0 Å². The highest BCUT2D eigenvalue weighted by Gasteiger charge is 2.31. The summed E-state index contributed by atoms with van der Waals surface area (Å²) in [6, 6.07) is 4.64. The van der Waals surface area contributed by atoms with E-state index in [1.807, 2.05) is 0 Å². The smallest absolute Gasteiger partial charge is 0.320 e. The summed E-state index contributed by atoms with van der Waals surface area (Å²) in [5, 5.41) is 11.9. The Balaban J connectivity index is 0.00000192. The molecule has 1 unspecified atom stereocenters. The fourth-order valence-corrected chi connectivity index (χ4v) is 2.80. The molecular weight excluding hydrogens is 324 g/mol. The van der Waals surface area contributed by atoms with Gasteiger partial charge in [-0.2, -0.15) is 0 Å². The summed E-state index contributed by atoms with van der Waals surface area (Å²) in [5.74, 6) is 0.165. The number of anilines is 1. The number of nitrogens with zero attached hydrogens (tertiary/aromatic N) is 1. The Kier molecular flexibility index (Phi) is 5.68. The van der Waals surface area contributed by atoms with Crippen LogP contribution in [0.2, 0.25) is 0 Å². The molecule has 2 aliphatic rings. The molecule has 1 fully saturated rings. The van der Waals surface area contributed by atoms with Crippen molar-refractivity contribution in [2.75, 3.05) is 31.6 Å². The van der Waals surface area contributed by atoms with Gasteiger partial charge in [-0.3, -0.25) is 14.5 Å². The lowest BCUT2D eigenvalue weighted by atomic mass is 10.2. The van der Waals surface area contributed by atoms with Crippen LogP contribution in [0.4, 0.5) is 5.69 Å². The number of nitrogens with one attached hydrogen (secondary N) is 1. The molecule has 0 radical (unpaired) electrons. The van der Waals surface area contributed by atoms with Crippen molar-refractivity contribution in [1.82, 2.24) is 4.90 Å². The van der Waals surface area contributed by atoms with Crippen LogP contribution >= 0.6 is 12.4 Å². The summed E-state index contributed by atoms with van der Waals surface area (Å²) in [7, 11) is 0. The molecule has 0 saturated carbocycles. The van der Waals surface area contributed by atoms with E-state index in [2.05, 4.69) is 5.32 Å². The van der Waals surface area contributed by atoms with Gasteiger partial charge < -0.3 is 19.9 Å². The maximum atomic E-state index is 12.1. The lowest BCUT2D eigenvalue weighted by molar-refractivity contribution is -0.142. The van der Waals surface area contributed by atoms with Gasteiger partial charge in [-0.1, -0.05) is 0 Å². The average molecular weight is 343 g/mol. The third-order valence-electron chi connectivity index (χ3n) is 3.82. The van der Waals surface area contributed by atoms with Gasteiger partial charge in [0.15, 0.2) is 11.5 Å². The molecule has 0 aromatic heterocycles. The predicted octanol–water partition coefficient (Wildman–Crippen LogP) is 1.37. The summed E-state index contributed by atoms with van der Waals surface area (Å²) < 4.78 is 10.9. The number of carboxylic acids is 1. The van der Waals surface area contributed by atoms with Gasteiger partial charge in [-0.25, -0.2) is 0 Å². The SMILES string of the molecule is Cl.O=C(CN1CCCC1C(=O)O)Nc1ccc2c(c1)OCCO2. The number of hydrogen-bond acceptors (Lipinski definition) is 5. The molecule has 1 atom stereocenters. The van der Waals surface area contributed by atoms with E-state index in [9.17, 15) is 9.59 Å². The number of carbonyl (C=O) groups is 2. The van der Waals surface area contributed by atoms with Gasteiger partial charge in [0.1, 0.15) is 19.3 Å². The third kappa shape index (κ3) is 4.05. The zero-order chi connectivity index (χ0) is 15.5. The van der Waals surface area contributed by atoms with Crippen LogP contribution in [-0.2, 0) is 9.59 Å². The molecule has 7 nitrogen and oxygen atoms in total. The zero-order valence-corrected chi connectivity index (χ0v) is 13.3. The molecule has 1 aromatic carbocycles. The Bertz CT molecular complexity index is 595. The Hall–Kier alpha value is -1.99. The van der Waals surface area contributed by atoms with Gasteiger partial charge in [0.25, 0.3) is 0 Å². The van der Waals surface area contributed by atoms with Gasteiger partial charge in [-0.05, 0) is 31.5 Å². The summed E-state index contributed by atoms with van der Waals surface area (Å²) in [5.41, 5.74) is 0.611. The highest BCUT2D eigenvalue weighted by Crippen LogP contribution is 2.32. The molecule has 23 heavy (non-hydrogen) atoms. The molecule has 2 heterocycles. The van der Waals surface area contributed by atoms with Crippen molar-refractivity contribution in [2.24, 2.45) is 0 Å². The Morgan fingerprint density at radius 2 is 2.00 bits per heavy atom. The molecular formula is C15H19ClN2O5. The molecule has 0 aliphatic carbocycles. The van der Waals surface area contributed by atoms with E-state index < -0.39 is 12.0 Å². The third-order valence-corrected chi connectivity index (χ3v) is 3.82. The van der Waals surface area contributed by atoms with Crippen molar-refractivity contribution < 1.29 is 24.2 Å². The first-order valence-electron chi connectivity index (χ1n) is 7.30. The zero-order valence-electron chi connectivity index (χ0n) is 12.5. The Labute approximate surface area is 140 Å². The first-order chi connectivity index (χ1) is 10.6. The van der Waals surface area contributed by atoms with Crippen LogP contribution in [0, 0.1) is 0 Å². The number of hydrogen-bond donors (Lipinski definition) is 2. The number of halogens is 1. The minimum absolute atomic E-state index is 0. The van der Waals surface area contributed by atoms with E-state index in [-0.39, 0.29) is 24.9 Å². The molecule has 0 spiro atoms. The second-order valence-corrected chi connectivity index (χ2v) is 5.37. The fraction of sp³-hybridized carbons (Fsp3) is 0.467. The van der Waals surface area contributed by atoms with E-state index >= 15 is 0 Å². The Morgan fingerprint density at radius 1 is 1.26 bits per heavy atom. The number of ether oxygens (including phenoxy) is 2. The second-order valence-electron chi connectivity index (χ2n) is 5.37. The quantitative estimate of drug-likeness (QED) is 0.859. The highest BCUT2D eigenvalue weighted by molar-refractivity contribution is 5.93. The summed E-state index contributed by atoms with van der Waals surface area (Å²) in [6.45, 7) is 1.71. The molecule has 2 N–H and O–H groups in total. The van der Waals surface area contributed by atoms with Gasteiger partial charge in [0.2, 0.25) is 5.91 Å². The molecule has 1 aromatic rings. The number of carboxylic acid groups (broad SMARTS) is 1. The Morgan fingerprint density at radius 3 is 2.74 bits per heavy atom. The summed E-state index contributed by atoms with van der Waals surface area (Å²) in [6.07, 6.45) is 1.39. The van der Waals surface area contributed by atoms with Crippen molar-refractivity contribution in [3.05, 3.63) is 18.2 Å². The first kappa shape index (κ1) is 17.4. The van der Waals surface area contributed by atoms with Crippen LogP contribution in [0.25, 0.3) is 0 Å². The fourth-order valence-electron chi connectivity index (χ4n) is 2.80. The molecule has 3 rings (SSSR count). The maximum absolute atomic E-state index is 12.1. The number of carbonyl (C=O) groups excluding carboxylic acids is 1. The largest absolute Gasteiger partial charge is 0.486 e. The predicted molar refractivity (Wildman–Crippen MR) is 85.5 cm³/mol. The minimum atomic E-state index is -0.871. The lowest BCUT2D eigenvalue weighted by Crippen LogP contribution is -2.40. The van der Waals surface area contributed by atoms with Crippen molar-refractivity contribution in [2.45, 2.75) is 18.9 Å². The first-order valence-corrected chi connectivity index (χ1v) is 7.30. The van der Waals surface area contributed by atoms with Crippen LogP contribution in [-0.4, -0.2) is 54.2 Å². The minimum Gasteiger partial charge on any atom is -0.486 e. The summed E-state index contributed by atoms with van der Waals surface area (Å²) in [4.78, 5) is 24.9. The molecule has 8 heteroatoms. The normalized spacial score (nSPS) is 19.7. The van der Waals surface area contributed by atoms with Crippen LogP contribution in [0.3, 0.4) is 0 Å². The van der Waals surface area contributed by atoms with E-state index in [1.54, 1.807) is 23.1 Å². The monoisotopic (exact) mass is 342 g/mol. The van der Waals surface area contributed by atoms with Crippen LogP contribution in [0.5, 0.6) is 11.5 Å². The van der Waals surface area contributed by atoms with Crippen molar-refractivity contribution in [3.8, 4) is 11.5 Å². The number of benzene rings is 1. The molecule has 0 bridgehead atoms. The van der Waals surface area contributed by atoms with Crippen LogP contribution in [0.15, 0.2) is 18.2 Å². The lowest BCUT2D eigenvalue weighted by Gasteiger charge is -2.21. The maximum Gasteiger partial charge on any atom is 0.320 e. The van der Waals surface area contributed by atoms with E-state index in [0.717, 1.165) is 6.42 Å². The van der Waals surface area contributed by atoms with Crippen LogP contribution in [0.1, 0.15) is 12.8 Å². The van der Waals surface area contributed by atoms with Crippen LogP contribution < -0.4 is 14.8 Å². The molecule has 1 saturated heterocycles. The van der Waals surface area contributed by atoms with Crippen molar-refractivity contribution >= 4 is 30.0 Å². The highest BCUT2D eigenvalue weighted by atomic mass is 35.5. The average Bonchev–Trinajstić information content (AvgIpc) is 2.95. The number of likely N-dealkylation sites (tertiary alicyclic amines) is 1. The van der Waals surface area contributed by atoms with Gasteiger partial charge in [-0.15, -0.1) is 12.4 Å².